The highest BCUT2D eigenvalue weighted by Gasteiger charge is 2.01. The quantitative estimate of drug-likeness (QED) is 0.841. The summed E-state index contributed by atoms with van der Waals surface area (Å²) in [5.74, 6) is 0.638. The molecule has 2 rings (SSSR count). The number of hydrogen-bond acceptors (Lipinski definition) is 4. The summed E-state index contributed by atoms with van der Waals surface area (Å²) in [6, 6.07) is 12.2. The number of nitrogens with one attached hydrogen (secondary N) is 1. The number of nitrogens with zero attached hydrogens (tertiary/aromatic N) is 1. The van der Waals surface area contributed by atoms with Crippen LogP contribution in [0.15, 0.2) is 42.6 Å². The summed E-state index contributed by atoms with van der Waals surface area (Å²) in [6.07, 6.45) is 1.83. The average Bonchev–Trinajstić information content (AvgIpc) is 2.50. The van der Waals surface area contributed by atoms with Crippen molar-refractivity contribution in [3.63, 3.8) is 0 Å². The van der Waals surface area contributed by atoms with Gasteiger partial charge in [-0.3, -0.25) is 0 Å². The fraction of sp³-hybridized carbons (Fsp3) is 0.312. The van der Waals surface area contributed by atoms with Gasteiger partial charge in [0.2, 0.25) is 5.88 Å². The fourth-order valence-corrected chi connectivity index (χ4v) is 2.00. The van der Waals surface area contributed by atoms with Crippen LogP contribution in [-0.2, 0) is 24.4 Å². The zero-order valence-corrected chi connectivity index (χ0v) is 11.9. The molecule has 20 heavy (non-hydrogen) atoms. The van der Waals surface area contributed by atoms with Gasteiger partial charge in [0.05, 0.1) is 13.7 Å². The second-order valence-electron chi connectivity index (χ2n) is 4.51. The summed E-state index contributed by atoms with van der Waals surface area (Å²) in [5.41, 5.74) is 3.61. The summed E-state index contributed by atoms with van der Waals surface area (Å²) >= 11 is 0. The molecule has 0 unspecified atom stereocenters. The minimum Gasteiger partial charge on any atom is -0.481 e. The van der Waals surface area contributed by atoms with Gasteiger partial charge in [-0.2, -0.15) is 0 Å². The Hall–Kier alpha value is -1.91. The van der Waals surface area contributed by atoms with E-state index in [4.69, 9.17) is 9.47 Å². The average molecular weight is 272 g/mol. The van der Waals surface area contributed by atoms with Crippen LogP contribution in [0.3, 0.4) is 0 Å². The predicted octanol–water partition coefficient (Wildman–Crippen LogP) is 2.53. The van der Waals surface area contributed by atoms with Gasteiger partial charge in [0.15, 0.2) is 0 Å². The predicted molar refractivity (Wildman–Crippen MR) is 78.5 cm³/mol. The van der Waals surface area contributed by atoms with Crippen LogP contribution >= 0.6 is 0 Å². The van der Waals surface area contributed by atoms with E-state index >= 15 is 0 Å². The summed E-state index contributed by atoms with van der Waals surface area (Å²) in [7, 11) is 3.33. The molecule has 1 aromatic heterocycles. The Labute approximate surface area is 119 Å². The Bertz CT molecular complexity index is 526. The first kappa shape index (κ1) is 14.5. The number of hydrogen-bond donors (Lipinski definition) is 1. The molecule has 1 N–H and O–H groups in total. The maximum atomic E-state index is 5.21. The third-order valence-corrected chi connectivity index (χ3v) is 3.07. The van der Waals surface area contributed by atoms with Crippen molar-refractivity contribution in [1.82, 2.24) is 10.3 Å². The number of methoxy groups -OCH3 is 2. The highest BCUT2D eigenvalue weighted by Crippen LogP contribution is 2.10. The molecule has 1 heterocycles. The Morgan fingerprint density at radius 1 is 1.00 bits per heavy atom. The van der Waals surface area contributed by atoms with Gasteiger partial charge in [0.1, 0.15) is 0 Å². The van der Waals surface area contributed by atoms with Crippen LogP contribution in [0.2, 0.25) is 0 Å². The number of aromatic nitrogens is 1. The topological polar surface area (TPSA) is 43.4 Å². The first-order valence-corrected chi connectivity index (χ1v) is 6.59. The minimum atomic E-state index is 0.638. The van der Waals surface area contributed by atoms with Gasteiger partial charge in [-0.25, -0.2) is 4.98 Å². The van der Waals surface area contributed by atoms with Crippen molar-refractivity contribution in [1.29, 1.82) is 0 Å². The van der Waals surface area contributed by atoms with E-state index < -0.39 is 0 Å². The van der Waals surface area contributed by atoms with Crippen molar-refractivity contribution in [2.75, 3.05) is 14.2 Å². The molecule has 0 bridgehead atoms. The van der Waals surface area contributed by atoms with Crippen LogP contribution in [0, 0.1) is 0 Å². The zero-order chi connectivity index (χ0) is 14.2. The third kappa shape index (κ3) is 4.05. The largest absolute Gasteiger partial charge is 0.481 e. The van der Waals surface area contributed by atoms with Crippen LogP contribution in [-0.4, -0.2) is 19.2 Å². The first-order chi connectivity index (χ1) is 9.83. The highest BCUT2D eigenvalue weighted by atomic mass is 16.5. The molecule has 0 spiro atoms. The third-order valence-electron chi connectivity index (χ3n) is 3.07. The summed E-state index contributed by atoms with van der Waals surface area (Å²) in [4.78, 5) is 4.19. The molecule has 1 aromatic carbocycles. The minimum absolute atomic E-state index is 0.638. The lowest BCUT2D eigenvalue weighted by Gasteiger charge is -2.10. The molecule has 4 nitrogen and oxygen atoms in total. The van der Waals surface area contributed by atoms with Gasteiger partial charge in [0.25, 0.3) is 0 Å². The van der Waals surface area contributed by atoms with Gasteiger partial charge in [-0.05, 0) is 16.7 Å². The maximum absolute atomic E-state index is 5.21. The first-order valence-electron chi connectivity index (χ1n) is 6.59. The zero-order valence-electron chi connectivity index (χ0n) is 11.9. The monoisotopic (exact) mass is 272 g/mol. The summed E-state index contributed by atoms with van der Waals surface area (Å²) < 4.78 is 10.2. The van der Waals surface area contributed by atoms with E-state index in [9.17, 15) is 0 Å². The Kier molecular flexibility index (Phi) is 5.53. The van der Waals surface area contributed by atoms with E-state index in [1.54, 1.807) is 14.2 Å². The van der Waals surface area contributed by atoms with E-state index in [-0.39, 0.29) is 0 Å². The molecule has 0 atom stereocenters. The number of ether oxygens (including phenoxy) is 2. The van der Waals surface area contributed by atoms with Crippen LogP contribution in [0.5, 0.6) is 5.88 Å². The van der Waals surface area contributed by atoms with Crippen molar-refractivity contribution in [3.8, 4) is 5.88 Å². The number of pyridine rings is 1. The molecular formula is C16H20N2O2. The SMILES string of the molecule is COCc1ccccc1CNCc1ccc(OC)nc1. The van der Waals surface area contributed by atoms with Crippen LogP contribution in [0.25, 0.3) is 0 Å². The molecule has 0 aliphatic heterocycles. The Morgan fingerprint density at radius 2 is 1.80 bits per heavy atom. The number of benzene rings is 1. The summed E-state index contributed by atoms with van der Waals surface area (Å²) in [6.45, 7) is 2.23. The smallest absolute Gasteiger partial charge is 0.212 e. The molecular weight excluding hydrogens is 252 g/mol. The standard InChI is InChI=1S/C16H20N2O2/c1-19-12-15-6-4-3-5-14(15)11-17-9-13-7-8-16(20-2)18-10-13/h3-8,10,17H,9,11-12H2,1-2H3. The van der Waals surface area contributed by atoms with Crippen LogP contribution < -0.4 is 10.1 Å². The summed E-state index contributed by atoms with van der Waals surface area (Å²) in [5, 5.41) is 3.42. The lowest BCUT2D eigenvalue weighted by Crippen LogP contribution is -2.14. The van der Waals surface area contributed by atoms with E-state index in [1.807, 2.05) is 30.5 Å². The lowest BCUT2D eigenvalue weighted by molar-refractivity contribution is 0.184. The lowest BCUT2D eigenvalue weighted by atomic mass is 10.1. The van der Waals surface area contributed by atoms with E-state index in [1.165, 1.54) is 11.1 Å². The number of rotatable bonds is 7. The normalized spacial score (nSPS) is 10.5. The van der Waals surface area contributed by atoms with Crippen molar-refractivity contribution >= 4 is 0 Å². The van der Waals surface area contributed by atoms with Gasteiger partial charge >= 0.3 is 0 Å². The van der Waals surface area contributed by atoms with E-state index in [0.29, 0.717) is 12.5 Å². The molecule has 106 valence electrons. The fourth-order valence-electron chi connectivity index (χ4n) is 2.00. The van der Waals surface area contributed by atoms with Gasteiger partial charge in [0, 0.05) is 32.5 Å². The maximum Gasteiger partial charge on any atom is 0.212 e. The van der Waals surface area contributed by atoms with Gasteiger partial charge in [-0.15, -0.1) is 0 Å². The molecule has 0 aliphatic carbocycles. The highest BCUT2D eigenvalue weighted by molar-refractivity contribution is 5.26. The molecule has 0 saturated carbocycles. The molecule has 0 aliphatic rings. The molecule has 2 aromatic rings. The Balaban J connectivity index is 1.89. The second kappa shape index (κ2) is 7.62. The van der Waals surface area contributed by atoms with Crippen molar-refractivity contribution in [2.45, 2.75) is 19.7 Å². The van der Waals surface area contributed by atoms with Gasteiger partial charge < -0.3 is 14.8 Å². The second-order valence-corrected chi connectivity index (χ2v) is 4.51. The van der Waals surface area contributed by atoms with Crippen molar-refractivity contribution < 1.29 is 9.47 Å². The van der Waals surface area contributed by atoms with Gasteiger partial charge in [-0.1, -0.05) is 30.3 Å². The molecule has 0 radical (unpaired) electrons. The van der Waals surface area contributed by atoms with Crippen molar-refractivity contribution in [3.05, 3.63) is 59.3 Å². The van der Waals surface area contributed by atoms with E-state index in [0.717, 1.165) is 18.7 Å². The Morgan fingerprint density at radius 3 is 2.45 bits per heavy atom. The van der Waals surface area contributed by atoms with E-state index in [2.05, 4.69) is 22.4 Å². The van der Waals surface area contributed by atoms with Crippen LogP contribution in [0.4, 0.5) is 0 Å². The van der Waals surface area contributed by atoms with Crippen LogP contribution in [0.1, 0.15) is 16.7 Å². The van der Waals surface area contributed by atoms with Crippen molar-refractivity contribution in [2.24, 2.45) is 0 Å². The molecule has 4 heteroatoms. The molecule has 0 amide bonds. The molecule has 0 fully saturated rings. The molecule has 0 saturated heterocycles.